The molecule has 0 radical (unpaired) electrons. The van der Waals surface area contributed by atoms with E-state index < -0.39 is 0 Å². The third-order valence-electron chi connectivity index (χ3n) is 5.80. The summed E-state index contributed by atoms with van der Waals surface area (Å²) in [5, 5.41) is 10.7. The topological polar surface area (TPSA) is 23.5 Å². The standard InChI is InChI=1S/C21H24ClNO/c1-13-5-6-14-7-8-19-21(16(14)10-13)17-12-20(24)18(22)11-15(17)4-3-9-23(19)2/h5-6,10-12,19,21,24H,3-4,7-9H2,1-2H3. The van der Waals surface area contributed by atoms with Gasteiger partial charge in [-0.3, -0.25) is 0 Å². The molecule has 0 amide bonds. The smallest absolute Gasteiger partial charge is 0.134 e. The van der Waals surface area contributed by atoms with Crippen molar-refractivity contribution in [2.75, 3.05) is 13.6 Å². The molecule has 2 aromatic carbocycles. The molecule has 2 atom stereocenters. The van der Waals surface area contributed by atoms with Crippen molar-refractivity contribution >= 4 is 11.6 Å². The molecule has 1 heterocycles. The van der Waals surface area contributed by atoms with Gasteiger partial charge in [-0.2, -0.15) is 0 Å². The second-order valence-electron chi connectivity index (χ2n) is 7.37. The van der Waals surface area contributed by atoms with E-state index in [1.165, 1.54) is 34.2 Å². The Labute approximate surface area is 149 Å². The number of rotatable bonds is 0. The largest absolute Gasteiger partial charge is 0.506 e. The van der Waals surface area contributed by atoms with E-state index in [0.717, 1.165) is 25.8 Å². The van der Waals surface area contributed by atoms with Crippen molar-refractivity contribution in [1.82, 2.24) is 4.90 Å². The Kier molecular flexibility index (Phi) is 4.06. The first-order chi connectivity index (χ1) is 11.5. The first kappa shape index (κ1) is 16.0. The van der Waals surface area contributed by atoms with Crippen LogP contribution in [0.2, 0.25) is 5.02 Å². The molecule has 2 unspecified atom stereocenters. The molecule has 24 heavy (non-hydrogen) atoms. The van der Waals surface area contributed by atoms with Gasteiger partial charge in [0.2, 0.25) is 0 Å². The van der Waals surface area contributed by atoms with Crippen LogP contribution in [0.5, 0.6) is 5.75 Å². The van der Waals surface area contributed by atoms with Gasteiger partial charge in [0.1, 0.15) is 5.75 Å². The highest BCUT2D eigenvalue weighted by Gasteiger charge is 2.36. The molecule has 4 rings (SSSR count). The Morgan fingerprint density at radius 2 is 1.88 bits per heavy atom. The van der Waals surface area contributed by atoms with Crippen LogP contribution < -0.4 is 0 Å². The van der Waals surface area contributed by atoms with Gasteiger partial charge in [-0.1, -0.05) is 35.4 Å². The van der Waals surface area contributed by atoms with Gasteiger partial charge in [0.05, 0.1) is 5.02 Å². The molecule has 0 fully saturated rings. The second kappa shape index (κ2) is 6.09. The lowest BCUT2D eigenvalue weighted by molar-refractivity contribution is 0.196. The number of aryl methyl sites for hydroxylation is 3. The van der Waals surface area contributed by atoms with Gasteiger partial charge in [0.15, 0.2) is 0 Å². The van der Waals surface area contributed by atoms with E-state index in [0.29, 0.717) is 17.0 Å². The van der Waals surface area contributed by atoms with E-state index in [-0.39, 0.29) is 5.75 Å². The number of likely N-dealkylation sites (N-methyl/N-ethyl adjacent to an activating group) is 1. The predicted molar refractivity (Wildman–Crippen MR) is 99.2 cm³/mol. The number of fused-ring (bicyclic) bond motifs is 5. The zero-order valence-electron chi connectivity index (χ0n) is 14.3. The average Bonchev–Trinajstić information content (AvgIpc) is 2.55. The SMILES string of the molecule is Cc1ccc2c(c1)C1c3cc(O)c(Cl)cc3CCCN(C)C1CC2. The first-order valence-electron chi connectivity index (χ1n) is 8.85. The highest BCUT2D eigenvalue weighted by Crippen LogP contribution is 2.44. The molecule has 1 N–H and O–H groups in total. The summed E-state index contributed by atoms with van der Waals surface area (Å²) in [6.45, 7) is 3.27. The summed E-state index contributed by atoms with van der Waals surface area (Å²) in [5.41, 5.74) is 6.76. The van der Waals surface area contributed by atoms with Crippen LogP contribution in [-0.2, 0) is 12.8 Å². The molecule has 0 saturated heterocycles. The van der Waals surface area contributed by atoms with E-state index in [4.69, 9.17) is 11.6 Å². The van der Waals surface area contributed by atoms with Crippen molar-refractivity contribution in [3.05, 3.63) is 63.2 Å². The summed E-state index contributed by atoms with van der Waals surface area (Å²) in [4.78, 5) is 2.52. The van der Waals surface area contributed by atoms with Crippen molar-refractivity contribution in [2.45, 2.75) is 44.6 Å². The lowest BCUT2D eigenvalue weighted by atomic mass is 9.72. The number of hydrogen-bond donors (Lipinski definition) is 1. The van der Waals surface area contributed by atoms with Crippen LogP contribution >= 0.6 is 11.6 Å². The summed E-state index contributed by atoms with van der Waals surface area (Å²) < 4.78 is 0. The Balaban J connectivity index is 1.95. The van der Waals surface area contributed by atoms with Crippen LogP contribution in [0.3, 0.4) is 0 Å². The maximum atomic E-state index is 10.3. The van der Waals surface area contributed by atoms with Crippen molar-refractivity contribution in [3.8, 4) is 5.75 Å². The molecule has 0 spiro atoms. The highest BCUT2D eigenvalue weighted by molar-refractivity contribution is 6.32. The number of benzene rings is 2. The predicted octanol–water partition coefficient (Wildman–Crippen LogP) is 4.68. The number of hydrogen-bond acceptors (Lipinski definition) is 2. The molecule has 0 saturated carbocycles. The van der Waals surface area contributed by atoms with Gasteiger partial charge < -0.3 is 10.0 Å². The third-order valence-corrected chi connectivity index (χ3v) is 6.10. The number of aromatic hydroxyl groups is 1. The minimum Gasteiger partial charge on any atom is -0.506 e. The monoisotopic (exact) mass is 341 g/mol. The lowest BCUT2D eigenvalue weighted by Crippen LogP contribution is -2.42. The number of halogens is 1. The number of nitrogens with zero attached hydrogens (tertiary/aromatic N) is 1. The van der Waals surface area contributed by atoms with Gasteiger partial charge >= 0.3 is 0 Å². The fraction of sp³-hybridized carbons (Fsp3) is 0.429. The Morgan fingerprint density at radius 3 is 2.71 bits per heavy atom. The van der Waals surface area contributed by atoms with Gasteiger partial charge in [-0.15, -0.1) is 0 Å². The van der Waals surface area contributed by atoms with Gasteiger partial charge in [-0.25, -0.2) is 0 Å². The van der Waals surface area contributed by atoms with Crippen molar-refractivity contribution < 1.29 is 5.11 Å². The average molecular weight is 342 g/mol. The van der Waals surface area contributed by atoms with Gasteiger partial charge in [-0.05, 0) is 80.6 Å². The molecule has 2 nitrogen and oxygen atoms in total. The van der Waals surface area contributed by atoms with Crippen molar-refractivity contribution in [1.29, 1.82) is 0 Å². The fourth-order valence-electron chi connectivity index (χ4n) is 4.57. The molecule has 1 aliphatic heterocycles. The maximum absolute atomic E-state index is 10.3. The molecule has 126 valence electrons. The first-order valence-corrected chi connectivity index (χ1v) is 9.23. The minimum absolute atomic E-state index is 0.206. The summed E-state index contributed by atoms with van der Waals surface area (Å²) in [6, 6.07) is 11.2. The Bertz CT molecular complexity index is 786. The van der Waals surface area contributed by atoms with Crippen LogP contribution in [0.4, 0.5) is 0 Å². The fourth-order valence-corrected chi connectivity index (χ4v) is 4.75. The maximum Gasteiger partial charge on any atom is 0.134 e. The van der Waals surface area contributed by atoms with E-state index in [9.17, 15) is 5.11 Å². The number of phenolic OH excluding ortho intramolecular Hbond substituents is 1. The van der Waals surface area contributed by atoms with Crippen LogP contribution in [0.15, 0.2) is 30.3 Å². The van der Waals surface area contributed by atoms with Crippen LogP contribution in [0.25, 0.3) is 0 Å². The van der Waals surface area contributed by atoms with E-state index in [2.05, 4.69) is 37.1 Å². The molecule has 0 aromatic heterocycles. The number of phenols is 1. The lowest BCUT2D eigenvalue weighted by Gasteiger charge is -2.42. The summed E-state index contributed by atoms with van der Waals surface area (Å²) >= 11 is 6.21. The molecule has 3 heteroatoms. The van der Waals surface area contributed by atoms with Gasteiger partial charge in [0.25, 0.3) is 0 Å². The molecule has 2 aliphatic rings. The summed E-state index contributed by atoms with van der Waals surface area (Å²) in [7, 11) is 2.25. The third kappa shape index (κ3) is 2.62. The van der Waals surface area contributed by atoms with E-state index >= 15 is 0 Å². The molecule has 2 aromatic rings. The molecular formula is C21H24ClNO. The van der Waals surface area contributed by atoms with Gasteiger partial charge in [0, 0.05) is 12.0 Å². The van der Waals surface area contributed by atoms with Crippen LogP contribution in [0, 0.1) is 6.92 Å². The quantitative estimate of drug-likeness (QED) is 0.752. The second-order valence-corrected chi connectivity index (χ2v) is 7.78. The van der Waals surface area contributed by atoms with Crippen molar-refractivity contribution in [3.63, 3.8) is 0 Å². The van der Waals surface area contributed by atoms with E-state index in [1.54, 1.807) is 0 Å². The summed E-state index contributed by atoms with van der Waals surface area (Å²) in [6.07, 6.45) is 4.45. The summed E-state index contributed by atoms with van der Waals surface area (Å²) in [5.74, 6) is 0.522. The normalized spacial score (nSPS) is 23.6. The Morgan fingerprint density at radius 1 is 1.08 bits per heavy atom. The zero-order chi connectivity index (χ0) is 16.8. The van der Waals surface area contributed by atoms with Crippen molar-refractivity contribution in [2.24, 2.45) is 0 Å². The molecular weight excluding hydrogens is 318 g/mol. The van der Waals surface area contributed by atoms with Crippen LogP contribution in [0.1, 0.15) is 46.6 Å². The van der Waals surface area contributed by atoms with E-state index in [1.807, 2.05) is 12.1 Å². The molecule has 0 bridgehead atoms. The van der Waals surface area contributed by atoms with Crippen LogP contribution in [-0.4, -0.2) is 29.6 Å². The minimum atomic E-state index is 0.206. The Hall–Kier alpha value is -1.51. The highest BCUT2D eigenvalue weighted by atomic mass is 35.5. The molecule has 1 aliphatic carbocycles. The zero-order valence-corrected chi connectivity index (χ0v) is 15.1.